The fraction of sp³-hybridized carbons (Fsp3) is 0.625. The zero-order chi connectivity index (χ0) is 8.69. The summed E-state index contributed by atoms with van der Waals surface area (Å²) in [5, 5.41) is 0. The van der Waals surface area contributed by atoms with Crippen molar-refractivity contribution in [2.24, 2.45) is 5.73 Å². The first-order valence-corrected chi connectivity index (χ1v) is 3.77. The van der Waals surface area contributed by atoms with Crippen LogP contribution in [0.25, 0.3) is 0 Å². The van der Waals surface area contributed by atoms with Crippen molar-refractivity contribution in [3.05, 3.63) is 11.8 Å². The van der Waals surface area contributed by atoms with Gasteiger partial charge < -0.3 is 10.5 Å². The number of rotatable bonds is 5. The van der Waals surface area contributed by atoms with Crippen molar-refractivity contribution in [2.75, 3.05) is 6.61 Å². The number of carbonyl (C=O) groups is 1. The van der Waals surface area contributed by atoms with Gasteiger partial charge in [0.25, 0.3) is 0 Å². The summed E-state index contributed by atoms with van der Waals surface area (Å²) in [5.41, 5.74) is 4.90. The Kier molecular flexibility index (Phi) is 5.25. The van der Waals surface area contributed by atoms with Gasteiger partial charge >= 0.3 is 0 Å². The van der Waals surface area contributed by atoms with Crippen LogP contribution in [-0.4, -0.2) is 12.5 Å². The van der Waals surface area contributed by atoms with Gasteiger partial charge in [0.15, 0.2) is 0 Å². The summed E-state index contributed by atoms with van der Waals surface area (Å²) in [6.07, 6.45) is 3.38. The lowest BCUT2D eigenvalue weighted by molar-refractivity contribution is -0.113. The second-order valence-electron chi connectivity index (χ2n) is 2.36. The Morgan fingerprint density at radius 2 is 2.27 bits per heavy atom. The van der Waals surface area contributed by atoms with E-state index in [1.54, 1.807) is 6.92 Å². The predicted octanol–water partition coefficient (Wildman–Crippen LogP) is 1.19. The molecule has 0 aromatic carbocycles. The van der Waals surface area contributed by atoms with Crippen molar-refractivity contribution >= 4 is 5.91 Å². The van der Waals surface area contributed by atoms with Crippen molar-refractivity contribution in [3.63, 3.8) is 0 Å². The van der Waals surface area contributed by atoms with Gasteiger partial charge in [-0.25, -0.2) is 0 Å². The maximum absolute atomic E-state index is 10.3. The molecule has 0 saturated carbocycles. The lowest BCUT2D eigenvalue weighted by atomic mass is 10.3. The van der Waals surface area contributed by atoms with Gasteiger partial charge in [0.2, 0.25) is 5.91 Å². The number of primary amides is 1. The van der Waals surface area contributed by atoms with Crippen LogP contribution in [0.3, 0.4) is 0 Å². The van der Waals surface area contributed by atoms with Gasteiger partial charge in [0.1, 0.15) is 0 Å². The highest BCUT2D eigenvalue weighted by Gasteiger charge is 1.91. The molecule has 0 radical (unpaired) electrons. The molecule has 1 amide bonds. The maximum atomic E-state index is 10.3. The fourth-order valence-electron chi connectivity index (χ4n) is 0.619. The molecule has 0 rings (SSSR count). The van der Waals surface area contributed by atoms with E-state index >= 15 is 0 Å². The lowest BCUT2D eigenvalue weighted by Crippen LogP contribution is -2.07. The molecule has 0 spiro atoms. The Hall–Kier alpha value is -0.990. The molecule has 0 heterocycles. The van der Waals surface area contributed by atoms with Crippen LogP contribution in [0.5, 0.6) is 0 Å². The summed E-state index contributed by atoms with van der Waals surface area (Å²) in [6, 6.07) is 0. The minimum absolute atomic E-state index is 0.459. The SMILES string of the molecule is CCCCOC(C)=CC(N)=O. The summed E-state index contributed by atoms with van der Waals surface area (Å²) in [7, 11) is 0. The smallest absolute Gasteiger partial charge is 0.244 e. The molecule has 0 bridgehead atoms. The zero-order valence-corrected chi connectivity index (χ0v) is 7.09. The van der Waals surface area contributed by atoms with Gasteiger partial charge in [-0.2, -0.15) is 0 Å². The average Bonchev–Trinajstić information content (AvgIpc) is 1.86. The van der Waals surface area contributed by atoms with E-state index in [4.69, 9.17) is 10.5 Å². The van der Waals surface area contributed by atoms with Gasteiger partial charge in [-0.3, -0.25) is 4.79 Å². The number of hydrogen-bond acceptors (Lipinski definition) is 2. The summed E-state index contributed by atoms with van der Waals surface area (Å²) in [4.78, 5) is 10.3. The molecule has 3 heteroatoms. The topological polar surface area (TPSA) is 52.3 Å². The predicted molar refractivity (Wildman–Crippen MR) is 43.8 cm³/mol. The van der Waals surface area contributed by atoms with E-state index in [0.717, 1.165) is 12.8 Å². The normalized spacial score (nSPS) is 11.3. The third kappa shape index (κ3) is 6.90. The van der Waals surface area contributed by atoms with E-state index in [1.165, 1.54) is 6.08 Å². The fourth-order valence-corrected chi connectivity index (χ4v) is 0.619. The van der Waals surface area contributed by atoms with Crippen LogP contribution in [0.4, 0.5) is 0 Å². The number of amides is 1. The maximum Gasteiger partial charge on any atom is 0.244 e. The van der Waals surface area contributed by atoms with Crippen molar-refractivity contribution in [3.8, 4) is 0 Å². The zero-order valence-electron chi connectivity index (χ0n) is 7.09. The molecule has 0 fully saturated rings. The van der Waals surface area contributed by atoms with Gasteiger partial charge in [-0.05, 0) is 13.3 Å². The van der Waals surface area contributed by atoms with Crippen molar-refractivity contribution in [1.82, 2.24) is 0 Å². The van der Waals surface area contributed by atoms with E-state index in [2.05, 4.69) is 6.92 Å². The molecule has 64 valence electrons. The van der Waals surface area contributed by atoms with Crippen LogP contribution in [0.15, 0.2) is 11.8 Å². The average molecular weight is 157 g/mol. The number of allylic oxidation sites excluding steroid dienone is 1. The summed E-state index contributed by atoms with van der Waals surface area (Å²) in [6.45, 7) is 4.46. The van der Waals surface area contributed by atoms with Gasteiger partial charge in [0, 0.05) is 6.08 Å². The molecule has 2 N–H and O–H groups in total. The Balaban J connectivity index is 3.51. The first-order valence-electron chi connectivity index (χ1n) is 3.77. The number of ether oxygens (including phenoxy) is 1. The molecule has 0 saturated heterocycles. The van der Waals surface area contributed by atoms with Crippen molar-refractivity contribution in [2.45, 2.75) is 26.7 Å². The number of unbranched alkanes of at least 4 members (excludes halogenated alkanes) is 1. The highest BCUT2D eigenvalue weighted by atomic mass is 16.5. The third-order valence-corrected chi connectivity index (χ3v) is 1.17. The van der Waals surface area contributed by atoms with Crippen LogP contribution >= 0.6 is 0 Å². The second-order valence-corrected chi connectivity index (χ2v) is 2.36. The van der Waals surface area contributed by atoms with Crippen LogP contribution < -0.4 is 5.73 Å². The summed E-state index contributed by atoms with van der Waals surface area (Å²) >= 11 is 0. The Labute approximate surface area is 67.2 Å². The van der Waals surface area contributed by atoms with Crippen LogP contribution in [0.2, 0.25) is 0 Å². The van der Waals surface area contributed by atoms with E-state index in [0.29, 0.717) is 12.4 Å². The first-order chi connectivity index (χ1) is 5.16. The van der Waals surface area contributed by atoms with Crippen LogP contribution in [0.1, 0.15) is 26.7 Å². The number of hydrogen-bond donors (Lipinski definition) is 1. The van der Waals surface area contributed by atoms with Gasteiger partial charge in [0.05, 0.1) is 12.4 Å². The molecule has 0 aliphatic rings. The molecule has 3 nitrogen and oxygen atoms in total. The van der Waals surface area contributed by atoms with E-state index < -0.39 is 5.91 Å². The molecule has 0 aliphatic heterocycles. The molecule has 11 heavy (non-hydrogen) atoms. The van der Waals surface area contributed by atoms with Crippen LogP contribution in [0, 0.1) is 0 Å². The Morgan fingerprint density at radius 1 is 1.64 bits per heavy atom. The quantitative estimate of drug-likeness (QED) is 0.370. The van der Waals surface area contributed by atoms with E-state index in [1.807, 2.05) is 0 Å². The monoisotopic (exact) mass is 157 g/mol. The summed E-state index contributed by atoms with van der Waals surface area (Å²) < 4.78 is 5.15. The lowest BCUT2D eigenvalue weighted by Gasteiger charge is -2.03. The first kappa shape index (κ1) is 10.0. The highest BCUT2D eigenvalue weighted by molar-refractivity contribution is 5.86. The molecule has 0 aromatic rings. The van der Waals surface area contributed by atoms with E-state index in [-0.39, 0.29) is 0 Å². The number of nitrogens with two attached hydrogens (primary N) is 1. The van der Waals surface area contributed by atoms with Gasteiger partial charge in [-0.15, -0.1) is 0 Å². The van der Waals surface area contributed by atoms with Crippen molar-refractivity contribution in [1.29, 1.82) is 0 Å². The summed E-state index contributed by atoms with van der Waals surface area (Å²) in [5.74, 6) is 0.130. The molecular formula is C8H15NO2. The molecule has 0 atom stereocenters. The molecule has 0 aliphatic carbocycles. The minimum atomic E-state index is -0.459. The molecular weight excluding hydrogens is 142 g/mol. The van der Waals surface area contributed by atoms with E-state index in [9.17, 15) is 4.79 Å². The Bertz CT molecular complexity index is 152. The standard InChI is InChI=1S/C8H15NO2/c1-3-4-5-11-7(2)6-8(9)10/h6H,3-5H2,1-2H3,(H2,9,10). The van der Waals surface area contributed by atoms with Crippen molar-refractivity contribution < 1.29 is 9.53 Å². The highest BCUT2D eigenvalue weighted by Crippen LogP contribution is 1.97. The van der Waals surface area contributed by atoms with Crippen LogP contribution in [-0.2, 0) is 9.53 Å². The minimum Gasteiger partial charge on any atom is -0.498 e. The largest absolute Gasteiger partial charge is 0.498 e. The van der Waals surface area contributed by atoms with Gasteiger partial charge in [-0.1, -0.05) is 13.3 Å². The molecule has 0 aromatic heterocycles. The molecule has 0 unspecified atom stereocenters. The third-order valence-electron chi connectivity index (χ3n) is 1.17. The number of carbonyl (C=O) groups excluding carboxylic acids is 1. The second kappa shape index (κ2) is 5.77. The Morgan fingerprint density at radius 3 is 2.73 bits per heavy atom.